The number of esters is 1. The van der Waals surface area contributed by atoms with Crippen LogP contribution in [0.4, 0.5) is 10.8 Å². The van der Waals surface area contributed by atoms with Crippen LogP contribution in [-0.2, 0) is 22.4 Å². The maximum Gasteiger partial charge on any atom is 0.390 e. The topological polar surface area (TPSA) is 116 Å². The number of aryl methyl sites for hydroxylation is 2. The molecule has 2 unspecified atom stereocenters. The molecule has 2 heterocycles. The van der Waals surface area contributed by atoms with Crippen LogP contribution >= 0.6 is 11.3 Å². The van der Waals surface area contributed by atoms with Gasteiger partial charge < -0.3 is 20.2 Å². The summed E-state index contributed by atoms with van der Waals surface area (Å²) in [7, 11) is 0. The van der Waals surface area contributed by atoms with Crippen LogP contribution in [0.2, 0.25) is 0 Å². The number of carbonyl (C=O) groups is 2. The second kappa shape index (κ2) is 8.95. The fourth-order valence-corrected chi connectivity index (χ4v) is 4.75. The smallest absolute Gasteiger partial charge is 0.390 e. The van der Waals surface area contributed by atoms with Gasteiger partial charge in [0, 0.05) is 4.88 Å². The van der Waals surface area contributed by atoms with E-state index in [0.717, 1.165) is 36.1 Å². The fraction of sp³-hybridized carbons (Fsp3) is 0.550. The van der Waals surface area contributed by atoms with Gasteiger partial charge in [-0.1, -0.05) is 6.92 Å². The van der Waals surface area contributed by atoms with E-state index < -0.39 is 22.8 Å². The molecule has 2 aromatic rings. The number of thiophene rings is 1. The van der Waals surface area contributed by atoms with E-state index in [1.165, 1.54) is 22.1 Å². The van der Waals surface area contributed by atoms with Gasteiger partial charge in [0.1, 0.15) is 11.0 Å². The molecule has 0 bridgehead atoms. The van der Waals surface area contributed by atoms with Crippen LogP contribution in [0, 0.1) is 17.0 Å². The second-order valence-corrected chi connectivity index (χ2v) is 8.66. The molecule has 3 rings (SSSR count). The molecule has 10 heteroatoms. The van der Waals surface area contributed by atoms with Crippen LogP contribution in [0.1, 0.15) is 72.6 Å². The highest BCUT2D eigenvalue weighted by Crippen LogP contribution is 2.39. The Hall–Kier alpha value is -2.75. The molecular weight excluding hydrogens is 408 g/mol. The van der Waals surface area contributed by atoms with Gasteiger partial charge in [0.05, 0.1) is 28.5 Å². The van der Waals surface area contributed by atoms with Gasteiger partial charge in [-0.2, -0.15) is 4.68 Å². The fourth-order valence-electron chi connectivity index (χ4n) is 3.47. The molecule has 0 saturated carbocycles. The molecule has 9 nitrogen and oxygen atoms in total. The molecule has 2 aromatic heterocycles. The quantitative estimate of drug-likeness (QED) is 0.397. The summed E-state index contributed by atoms with van der Waals surface area (Å²) in [6, 6.07) is 0.541. The van der Waals surface area contributed by atoms with E-state index in [4.69, 9.17) is 4.74 Å². The minimum absolute atomic E-state index is 0.216. The van der Waals surface area contributed by atoms with E-state index in [0.29, 0.717) is 22.7 Å². The highest BCUT2D eigenvalue weighted by Gasteiger charge is 2.30. The Morgan fingerprint density at radius 1 is 1.37 bits per heavy atom. The lowest BCUT2D eigenvalue weighted by molar-refractivity contribution is -0.389. The molecular formula is C20H26N4O5S. The number of nitrogens with zero attached hydrogens (tertiary/aromatic N) is 3. The molecule has 0 fully saturated rings. The number of rotatable bonds is 7. The molecule has 30 heavy (non-hydrogen) atoms. The van der Waals surface area contributed by atoms with Crippen molar-refractivity contribution in [2.75, 3.05) is 5.32 Å². The molecule has 0 radical (unpaired) electrons. The Kier molecular flexibility index (Phi) is 6.55. The number of ether oxygens (including phenoxy) is 1. The van der Waals surface area contributed by atoms with Gasteiger partial charge >= 0.3 is 11.8 Å². The number of hydrogen-bond acceptors (Lipinski definition) is 7. The molecule has 0 saturated heterocycles. The van der Waals surface area contributed by atoms with E-state index >= 15 is 0 Å². The van der Waals surface area contributed by atoms with Crippen LogP contribution in [0.3, 0.4) is 0 Å². The largest absolute Gasteiger partial charge is 0.459 e. The summed E-state index contributed by atoms with van der Waals surface area (Å²) in [4.78, 5) is 37.3. The Morgan fingerprint density at radius 3 is 2.70 bits per heavy atom. The van der Waals surface area contributed by atoms with Crippen molar-refractivity contribution in [3.8, 4) is 0 Å². The van der Waals surface area contributed by atoms with Crippen LogP contribution < -0.4 is 5.32 Å². The van der Waals surface area contributed by atoms with E-state index in [2.05, 4.69) is 10.4 Å². The average molecular weight is 435 g/mol. The first-order valence-electron chi connectivity index (χ1n) is 10.1. The van der Waals surface area contributed by atoms with Gasteiger partial charge in [-0.25, -0.2) is 4.79 Å². The summed E-state index contributed by atoms with van der Waals surface area (Å²) in [5.41, 5.74) is 1.92. The van der Waals surface area contributed by atoms with Gasteiger partial charge in [-0.15, -0.1) is 11.3 Å². The van der Waals surface area contributed by atoms with Gasteiger partial charge in [-0.3, -0.25) is 4.79 Å². The summed E-state index contributed by atoms with van der Waals surface area (Å²) in [5.74, 6) is -1.12. The first-order valence-corrected chi connectivity index (χ1v) is 10.9. The molecule has 0 spiro atoms. The summed E-state index contributed by atoms with van der Waals surface area (Å²) < 4.78 is 6.87. The minimum Gasteiger partial charge on any atom is -0.459 e. The zero-order valence-electron chi connectivity index (χ0n) is 17.6. The molecule has 0 aliphatic heterocycles. The third-order valence-electron chi connectivity index (χ3n) is 5.34. The molecule has 1 amide bonds. The van der Waals surface area contributed by atoms with Crippen molar-refractivity contribution in [3.05, 3.63) is 37.9 Å². The van der Waals surface area contributed by atoms with E-state index in [9.17, 15) is 19.7 Å². The Morgan fingerprint density at radius 2 is 2.07 bits per heavy atom. The predicted molar refractivity (Wildman–Crippen MR) is 113 cm³/mol. The Labute approximate surface area is 178 Å². The monoisotopic (exact) mass is 434 g/mol. The van der Waals surface area contributed by atoms with Gasteiger partial charge in [0.25, 0.3) is 5.91 Å². The van der Waals surface area contributed by atoms with Crippen LogP contribution in [0.5, 0.6) is 0 Å². The molecule has 1 aliphatic carbocycles. The molecule has 1 N–H and O–H groups in total. The standard InChI is InChI=1S/C20H26N4O5S/c1-5-12(3)29-20(26)17-14-8-6-7-9-15(14)30-19(17)21-18(25)13(4)23-11(2)10-16(22-23)24(27)28/h10,12-13H,5-9H2,1-4H3,(H,21,25). The first-order chi connectivity index (χ1) is 14.2. The Balaban J connectivity index is 1.88. The van der Waals surface area contributed by atoms with Crippen molar-refractivity contribution in [2.45, 2.75) is 71.9 Å². The third kappa shape index (κ3) is 4.38. The lowest BCUT2D eigenvalue weighted by atomic mass is 9.95. The van der Waals surface area contributed by atoms with Crippen molar-refractivity contribution in [1.82, 2.24) is 9.78 Å². The lowest BCUT2D eigenvalue weighted by Gasteiger charge is -2.16. The molecule has 1 aliphatic rings. The van der Waals surface area contributed by atoms with Gasteiger partial charge in [0.2, 0.25) is 0 Å². The molecule has 0 aromatic carbocycles. The van der Waals surface area contributed by atoms with Crippen molar-refractivity contribution in [1.29, 1.82) is 0 Å². The number of nitro groups is 1. The summed E-state index contributed by atoms with van der Waals surface area (Å²) >= 11 is 1.41. The number of anilines is 1. The van der Waals surface area contributed by atoms with Crippen molar-refractivity contribution in [2.24, 2.45) is 0 Å². The second-order valence-electron chi connectivity index (χ2n) is 7.55. The van der Waals surface area contributed by atoms with Gasteiger partial charge in [0.15, 0.2) is 0 Å². The van der Waals surface area contributed by atoms with Crippen molar-refractivity contribution >= 4 is 34.0 Å². The highest BCUT2D eigenvalue weighted by molar-refractivity contribution is 7.17. The van der Waals surface area contributed by atoms with E-state index in [1.54, 1.807) is 13.8 Å². The number of fused-ring (bicyclic) bond motifs is 1. The van der Waals surface area contributed by atoms with Crippen molar-refractivity contribution in [3.63, 3.8) is 0 Å². The summed E-state index contributed by atoms with van der Waals surface area (Å²) in [5, 5.41) is 18.2. The SMILES string of the molecule is CCC(C)OC(=O)c1c(NC(=O)C(C)n2nc([N+](=O)[O-])cc2C)sc2c1CCCC2. The average Bonchev–Trinajstić information content (AvgIpc) is 3.27. The number of nitrogens with one attached hydrogen (secondary N) is 1. The molecule has 2 atom stereocenters. The highest BCUT2D eigenvalue weighted by atomic mass is 32.1. The van der Waals surface area contributed by atoms with Gasteiger partial charge in [-0.05, 0) is 63.4 Å². The van der Waals surface area contributed by atoms with E-state index in [1.807, 2.05) is 13.8 Å². The van der Waals surface area contributed by atoms with Crippen molar-refractivity contribution < 1.29 is 19.2 Å². The Bertz CT molecular complexity index is 980. The first kappa shape index (κ1) is 21.9. The number of carbonyl (C=O) groups excluding carboxylic acids is 2. The molecule has 162 valence electrons. The summed E-state index contributed by atoms with van der Waals surface area (Å²) in [6.45, 7) is 7.05. The summed E-state index contributed by atoms with van der Waals surface area (Å²) in [6.07, 6.45) is 4.19. The normalized spacial score (nSPS) is 15.2. The number of aromatic nitrogens is 2. The lowest BCUT2D eigenvalue weighted by Crippen LogP contribution is -2.26. The maximum atomic E-state index is 12.9. The maximum absolute atomic E-state index is 12.9. The number of hydrogen-bond donors (Lipinski definition) is 1. The zero-order valence-corrected chi connectivity index (χ0v) is 18.4. The number of amides is 1. The predicted octanol–water partition coefficient (Wildman–Crippen LogP) is 4.20. The van der Waals surface area contributed by atoms with E-state index in [-0.39, 0.29) is 11.9 Å². The van der Waals surface area contributed by atoms with Crippen LogP contribution in [0.15, 0.2) is 6.07 Å². The van der Waals surface area contributed by atoms with Crippen LogP contribution in [-0.4, -0.2) is 32.7 Å². The third-order valence-corrected chi connectivity index (χ3v) is 6.55. The van der Waals surface area contributed by atoms with Crippen LogP contribution in [0.25, 0.3) is 0 Å². The minimum atomic E-state index is -0.781. The zero-order chi connectivity index (χ0) is 22.0.